The summed E-state index contributed by atoms with van der Waals surface area (Å²) >= 11 is 1.58. The first-order valence-corrected chi connectivity index (χ1v) is 7.49. The molecule has 108 valence electrons. The van der Waals surface area contributed by atoms with Gasteiger partial charge in [-0.3, -0.25) is 9.78 Å². The van der Waals surface area contributed by atoms with Gasteiger partial charge in [-0.05, 0) is 35.6 Å². The Kier molecular flexibility index (Phi) is 3.87. The van der Waals surface area contributed by atoms with Gasteiger partial charge in [-0.15, -0.1) is 11.3 Å². The molecule has 2 heterocycles. The monoisotopic (exact) mass is 302 g/mol. The molecular weight excluding hydrogens is 288 g/mol. The topological polar surface area (TPSA) is 75.1 Å². The lowest BCUT2D eigenvalue weighted by Gasteiger charge is -2.04. The van der Waals surface area contributed by atoms with E-state index < -0.39 is 5.76 Å². The molecule has 5 nitrogen and oxygen atoms in total. The Bertz CT molecular complexity index is 802. The molecule has 0 aliphatic rings. The van der Waals surface area contributed by atoms with Crippen LogP contribution in [-0.2, 0) is 17.6 Å². The number of carbonyl (C=O) groups is 1. The van der Waals surface area contributed by atoms with Crippen LogP contribution in [0.3, 0.4) is 0 Å². The Morgan fingerprint density at radius 3 is 3.05 bits per heavy atom. The molecule has 1 amide bonds. The molecule has 0 radical (unpaired) electrons. The van der Waals surface area contributed by atoms with Crippen molar-refractivity contribution in [3.05, 3.63) is 56.7 Å². The maximum Gasteiger partial charge on any atom is 0.417 e. The van der Waals surface area contributed by atoms with Gasteiger partial charge in [-0.2, -0.15) is 0 Å². The number of oxazole rings is 1. The summed E-state index contributed by atoms with van der Waals surface area (Å²) in [7, 11) is 0. The third-order valence-electron chi connectivity index (χ3n) is 3.14. The number of fused-ring (bicyclic) bond motifs is 1. The number of carbonyl (C=O) groups excluding carboxylic acids is 1. The Morgan fingerprint density at radius 1 is 1.33 bits per heavy atom. The van der Waals surface area contributed by atoms with Gasteiger partial charge in [0.1, 0.15) is 0 Å². The molecule has 1 aromatic carbocycles. The molecule has 0 atom stereocenters. The molecule has 0 aliphatic heterocycles. The minimum Gasteiger partial charge on any atom is -0.408 e. The number of aromatic amines is 1. The molecule has 0 saturated heterocycles. The summed E-state index contributed by atoms with van der Waals surface area (Å²) in [6.07, 6.45) is 1.12. The lowest BCUT2D eigenvalue weighted by Crippen LogP contribution is -2.26. The van der Waals surface area contributed by atoms with Gasteiger partial charge in [0.25, 0.3) is 0 Å². The number of benzene rings is 1. The molecule has 21 heavy (non-hydrogen) atoms. The van der Waals surface area contributed by atoms with Crippen molar-refractivity contribution in [3.8, 4) is 0 Å². The summed E-state index contributed by atoms with van der Waals surface area (Å²) in [5.41, 5.74) is 2.24. The highest BCUT2D eigenvalue weighted by molar-refractivity contribution is 7.10. The van der Waals surface area contributed by atoms with E-state index in [-0.39, 0.29) is 5.91 Å². The molecule has 3 aromatic rings. The van der Waals surface area contributed by atoms with E-state index in [9.17, 15) is 9.59 Å². The molecule has 6 heteroatoms. The first-order valence-electron chi connectivity index (χ1n) is 6.61. The lowest BCUT2D eigenvalue weighted by atomic mass is 10.1. The van der Waals surface area contributed by atoms with E-state index in [4.69, 9.17) is 4.42 Å². The summed E-state index contributed by atoms with van der Waals surface area (Å²) < 4.78 is 5.01. The standard InChI is InChI=1S/C15H14N2O3S/c18-14(9-11-2-1-7-21-11)16-6-5-10-3-4-12-13(8-10)20-15(19)17-12/h1-4,7-8H,5-6,9H2,(H,16,18)(H,17,19). The van der Waals surface area contributed by atoms with E-state index in [0.717, 1.165) is 10.4 Å². The number of hydrogen-bond acceptors (Lipinski definition) is 4. The van der Waals surface area contributed by atoms with Crippen LogP contribution in [0.4, 0.5) is 0 Å². The van der Waals surface area contributed by atoms with E-state index in [1.807, 2.05) is 35.7 Å². The number of H-pyrrole nitrogens is 1. The van der Waals surface area contributed by atoms with Gasteiger partial charge in [0.05, 0.1) is 11.9 Å². The van der Waals surface area contributed by atoms with Gasteiger partial charge in [-0.1, -0.05) is 12.1 Å². The highest BCUT2D eigenvalue weighted by Gasteiger charge is 2.05. The van der Waals surface area contributed by atoms with Crippen LogP contribution in [0.1, 0.15) is 10.4 Å². The van der Waals surface area contributed by atoms with Crippen molar-refractivity contribution in [2.75, 3.05) is 6.54 Å². The number of aromatic nitrogens is 1. The van der Waals surface area contributed by atoms with Gasteiger partial charge in [-0.25, -0.2) is 4.79 Å². The molecule has 2 N–H and O–H groups in total. The van der Waals surface area contributed by atoms with E-state index in [0.29, 0.717) is 30.5 Å². The Labute approximate surface area is 124 Å². The van der Waals surface area contributed by atoms with E-state index in [1.54, 1.807) is 11.3 Å². The largest absolute Gasteiger partial charge is 0.417 e. The minimum absolute atomic E-state index is 0.0201. The second-order valence-corrected chi connectivity index (χ2v) is 5.73. The van der Waals surface area contributed by atoms with Crippen LogP contribution in [0, 0.1) is 0 Å². The number of rotatable bonds is 5. The maximum absolute atomic E-state index is 11.7. The summed E-state index contributed by atoms with van der Waals surface area (Å²) in [6, 6.07) is 9.43. The predicted octanol–water partition coefficient (Wildman–Crippen LogP) is 2.08. The summed E-state index contributed by atoms with van der Waals surface area (Å²) in [4.78, 5) is 26.5. The maximum atomic E-state index is 11.7. The third kappa shape index (κ3) is 3.41. The average Bonchev–Trinajstić information content (AvgIpc) is 3.06. The zero-order chi connectivity index (χ0) is 14.7. The number of thiophene rings is 1. The highest BCUT2D eigenvalue weighted by Crippen LogP contribution is 2.12. The zero-order valence-corrected chi connectivity index (χ0v) is 12.0. The molecule has 0 bridgehead atoms. The van der Waals surface area contributed by atoms with E-state index >= 15 is 0 Å². The van der Waals surface area contributed by atoms with Gasteiger partial charge in [0, 0.05) is 11.4 Å². The van der Waals surface area contributed by atoms with Crippen LogP contribution in [0.2, 0.25) is 0 Å². The minimum atomic E-state index is -0.452. The molecule has 0 aliphatic carbocycles. The molecule has 2 aromatic heterocycles. The van der Waals surface area contributed by atoms with Crippen LogP contribution >= 0.6 is 11.3 Å². The van der Waals surface area contributed by atoms with Crippen molar-refractivity contribution >= 4 is 28.3 Å². The highest BCUT2D eigenvalue weighted by atomic mass is 32.1. The van der Waals surface area contributed by atoms with Crippen LogP contribution in [0.15, 0.2) is 44.9 Å². The second kappa shape index (κ2) is 5.97. The van der Waals surface area contributed by atoms with Crippen molar-refractivity contribution < 1.29 is 9.21 Å². The Hall–Kier alpha value is -2.34. The Morgan fingerprint density at radius 2 is 2.24 bits per heavy atom. The van der Waals surface area contributed by atoms with Crippen molar-refractivity contribution in [1.82, 2.24) is 10.3 Å². The Balaban J connectivity index is 1.54. The van der Waals surface area contributed by atoms with Crippen molar-refractivity contribution in [1.29, 1.82) is 0 Å². The first kappa shape index (κ1) is 13.6. The van der Waals surface area contributed by atoms with Crippen molar-refractivity contribution in [2.45, 2.75) is 12.8 Å². The summed E-state index contributed by atoms with van der Waals surface area (Å²) in [5.74, 6) is -0.432. The van der Waals surface area contributed by atoms with Crippen molar-refractivity contribution in [2.24, 2.45) is 0 Å². The van der Waals surface area contributed by atoms with Gasteiger partial charge in [0.15, 0.2) is 5.58 Å². The average molecular weight is 302 g/mol. The molecule has 3 rings (SSSR count). The predicted molar refractivity (Wildman–Crippen MR) is 81.6 cm³/mol. The SMILES string of the molecule is O=C(Cc1cccs1)NCCc1ccc2[nH]c(=O)oc2c1. The fraction of sp³-hybridized carbons (Fsp3) is 0.200. The van der Waals surface area contributed by atoms with Gasteiger partial charge >= 0.3 is 5.76 Å². The fourth-order valence-electron chi connectivity index (χ4n) is 2.13. The first-order chi connectivity index (χ1) is 10.2. The second-order valence-electron chi connectivity index (χ2n) is 4.70. The van der Waals surface area contributed by atoms with Crippen LogP contribution in [0.5, 0.6) is 0 Å². The number of nitrogens with one attached hydrogen (secondary N) is 2. The quantitative estimate of drug-likeness (QED) is 0.757. The zero-order valence-electron chi connectivity index (χ0n) is 11.2. The number of hydrogen-bond donors (Lipinski definition) is 2. The lowest BCUT2D eigenvalue weighted by molar-refractivity contribution is -0.120. The van der Waals surface area contributed by atoms with E-state index in [1.165, 1.54) is 0 Å². The molecular formula is C15H14N2O3S. The van der Waals surface area contributed by atoms with Crippen molar-refractivity contribution in [3.63, 3.8) is 0 Å². The third-order valence-corrected chi connectivity index (χ3v) is 4.01. The number of amides is 1. The van der Waals surface area contributed by atoms with E-state index in [2.05, 4.69) is 10.3 Å². The molecule has 0 spiro atoms. The van der Waals surface area contributed by atoms with Gasteiger partial charge < -0.3 is 9.73 Å². The fourth-order valence-corrected chi connectivity index (χ4v) is 2.83. The summed E-state index contributed by atoms with van der Waals surface area (Å²) in [5, 5.41) is 4.85. The van der Waals surface area contributed by atoms with Crippen LogP contribution in [-0.4, -0.2) is 17.4 Å². The summed E-state index contributed by atoms with van der Waals surface area (Å²) in [6.45, 7) is 0.560. The van der Waals surface area contributed by atoms with Crippen LogP contribution < -0.4 is 11.1 Å². The molecule has 0 saturated carbocycles. The molecule has 0 fully saturated rings. The molecule has 0 unspecified atom stereocenters. The normalized spacial score (nSPS) is 10.9. The smallest absolute Gasteiger partial charge is 0.408 e. The van der Waals surface area contributed by atoms with Crippen LogP contribution in [0.25, 0.3) is 11.1 Å². The van der Waals surface area contributed by atoms with Gasteiger partial charge in [0.2, 0.25) is 5.91 Å².